The number of piperidine rings is 1. The predicted octanol–water partition coefficient (Wildman–Crippen LogP) is 3.54. The van der Waals surface area contributed by atoms with E-state index in [1.165, 1.54) is 18.4 Å². The van der Waals surface area contributed by atoms with Gasteiger partial charge in [0.1, 0.15) is 6.10 Å². The molecule has 1 spiro atoms. The number of benzene rings is 2. The fraction of sp³-hybridized carbons (Fsp3) is 0.500. The highest BCUT2D eigenvalue weighted by atomic mass is 16.5. The summed E-state index contributed by atoms with van der Waals surface area (Å²) in [4.78, 5) is 19.5. The van der Waals surface area contributed by atoms with E-state index in [9.17, 15) is 15.0 Å². The number of aryl methyl sites for hydroxylation is 1. The first-order valence-corrected chi connectivity index (χ1v) is 13.8. The quantitative estimate of drug-likeness (QED) is 0.440. The monoisotopic (exact) mass is 499 g/mol. The molecule has 1 saturated heterocycles. The number of para-hydroxylation sites is 1. The molecule has 3 aromatic rings. The smallest absolute Gasteiger partial charge is 0.253 e. The Morgan fingerprint density at radius 3 is 2.92 bits per heavy atom. The summed E-state index contributed by atoms with van der Waals surface area (Å²) in [6.45, 7) is 3.94. The standard InChI is InChI=1S/C30H33N3O4/c1-16-13-19-3-2-4-20(25(19)31-16)28(35)32-21-9-10-30(36)23-14-18-7-8-22(34)26-24(18)29(30,27(21)37-26)11-12-33(23)15-17-5-6-17/h2-4,7-8,13,17,21,23,27,31,34,36H,5-6,9-12,14-15H2,1H3,(H,32,35)/t21-,23-,27+,29+,30-/m1/s1. The summed E-state index contributed by atoms with van der Waals surface area (Å²) in [5.74, 6) is 1.25. The lowest BCUT2D eigenvalue weighted by molar-refractivity contribution is -0.191. The Kier molecular flexibility index (Phi) is 4.34. The number of rotatable bonds is 4. The first kappa shape index (κ1) is 22.0. The number of phenols is 1. The average Bonchev–Trinajstić information content (AvgIpc) is 3.49. The number of carbonyl (C=O) groups is 1. The number of H-pyrrole nitrogens is 1. The van der Waals surface area contributed by atoms with Crippen molar-refractivity contribution < 1.29 is 19.7 Å². The van der Waals surface area contributed by atoms with Gasteiger partial charge >= 0.3 is 0 Å². The van der Waals surface area contributed by atoms with Crippen molar-refractivity contribution in [1.29, 1.82) is 0 Å². The predicted molar refractivity (Wildman–Crippen MR) is 139 cm³/mol. The van der Waals surface area contributed by atoms with Gasteiger partial charge in [-0.3, -0.25) is 9.69 Å². The van der Waals surface area contributed by atoms with Crippen LogP contribution in [0.1, 0.15) is 59.3 Å². The van der Waals surface area contributed by atoms with E-state index in [4.69, 9.17) is 4.74 Å². The summed E-state index contributed by atoms with van der Waals surface area (Å²) < 4.78 is 6.59. The maximum atomic E-state index is 13.7. The summed E-state index contributed by atoms with van der Waals surface area (Å²) >= 11 is 0. The summed E-state index contributed by atoms with van der Waals surface area (Å²) in [5.41, 5.74) is 3.04. The molecular weight excluding hydrogens is 466 g/mol. The van der Waals surface area contributed by atoms with E-state index in [0.717, 1.165) is 54.0 Å². The largest absolute Gasteiger partial charge is 0.504 e. The van der Waals surface area contributed by atoms with Crippen molar-refractivity contribution in [1.82, 2.24) is 15.2 Å². The number of amides is 1. The fourth-order valence-electron chi connectivity index (χ4n) is 8.36. The zero-order chi connectivity index (χ0) is 25.1. The lowest BCUT2D eigenvalue weighted by Crippen LogP contribution is -2.78. The summed E-state index contributed by atoms with van der Waals surface area (Å²) in [5, 5.41) is 27.7. The van der Waals surface area contributed by atoms with E-state index < -0.39 is 17.1 Å². The molecule has 3 fully saturated rings. The Hall–Kier alpha value is -3.03. The number of hydrogen-bond acceptors (Lipinski definition) is 5. The highest BCUT2D eigenvalue weighted by Crippen LogP contribution is 2.65. The summed E-state index contributed by atoms with van der Waals surface area (Å²) in [6, 6.07) is 11.3. The number of nitrogens with zero attached hydrogens (tertiary/aromatic N) is 1. The highest BCUT2D eigenvalue weighted by Gasteiger charge is 2.73. The van der Waals surface area contributed by atoms with Gasteiger partial charge in [0.2, 0.25) is 0 Å². The van der Waals surface area contributed by atoms with Crippen molar-refractivity contribution in [3.05, 3.63) is 58.8 Å². The van der Waals surface area contributed by atoms with E-state index in [-0.39, 0.29) is 23.7 Å². The highest BCUT2D eigenvalue weighted by molar-refractivity contribution is 6.06. The molecule has 2 saturated carbocycles. The molecule has 0 radical (unpaired) electrons. The van der Waals surface area contributed by atoms with Crippen LogP contribution in [0.15, 0.2) is 36.4 Å². The van der Waals surface area contributed by atoms with Crippen LogP contribution in [0.4, 0.5) is 0 Å². The number of aromatic nitrogens is 1. The Morgan fingerprint density at radius 1 is 1.22 bits per heavy atom. The topological polar surface area (TPSA) is 97.8 Å². The maximum absolute atomic E-state index is 13.7. The number of nitrogens with one attached hydrogen (secondary N) is 2. The Morgan fingerprint density at radius 2 is 2.08 bits per heavy atom. The molecule has 7 heteroatoms. The zero-order valence-corrected chi connectivity index (χ0v) is 21.1. The molecule has 7 nitrogen and oxygen atoms in total. The van der Waals surface area contributed by atoms with Crippen molar-refractivity contribution in [3.63, 3.8) is 0 Å². The molecule has 192 valence electrons. The first-order valence-electron chi connectivity index (χ1n) is 13.8. The molecule has 4 N–H and O–H groups in total. The molecule has 2 bridgehead atoms. The van der Waals surface area contributed by atoms with Gasteiger partial charge in [0, 0.05) is 29.2 Å². The van der Waals surface area contributed by atoms with Crippen LogP contribution in [0.3, 0.4) is 0 Å². The van der Waals surface area contributed by atoms with Gasteiger partial charge in [0.25, 0.3) is 5.91 Å². The van der Waals surface area contributed by atoms with Crippen molar-refractivity contribution >= 4 is 16.8 Å². The van der Waals surface area contributed by atoms with Crippen molar-refractivity contribution in [2.45, 2.75) is 74.7 Å². The number of aromatic hydroxyl groups is 1. The van der Waals surface area contributed by atoms with Gasteiger partial charge in [-0.1, -0.05) is 18.2 Å². The molecule has 3 heterocycles. The van der Waals surface area contributed by atoms with Gasteiger partial charge in [-0.2, -0.15) is 0 Å². The number of aromatic amines is 1. The van der Waals surface area contributed by atoms with E-state index in [1.807, 2.05) is 37.3 Å². The number of ether oxygens (including phenoxy) is 1. The van der Waals surface area contributed by atoms with Crippen molar-refractivity contribution in [2.75, 3.05) is 13.1 Å². The van der Waals surface area contributed by atoms with E-state index >= 15 is 0 Å². The molecule has 2 aliphatic heterocycles. The molecule has 8 rings (SSSR count). The van der Waals surface area contributed by atoms with Crippen LogP contribution in [0.2, 0.25) is 0 Å². The second kappa shape index (κ2) is 7.29. The number of likely N-dealkylation sites (tertiary alicyclic amines) is 1. The van der Waals surface area contributed by atoms with Gasteiger partial charge in [0.05, 0.1) is 28.1 Å². The zero-order valence-electron chi connectivity index (χ0n) is 21.1. The molecule has 3 aliphatic carbocycles. The molecular formula is C30H33N3O4. The molecule has 5 aliphatic rings. The normalized spacial score (nSPS) is 33.7. The molecule has 5 atom stereocenters. The summed E-state index contributed by atoms with van der Waals surface area (Å²) in [7, 11) is 0. The van der Waals surface area contributed by atoms with Crippen LogP contribution >= 0.6 is 0 Å². The van der Waals surface area contributed by atoms with Gasteiger partial charge in [-0.05, 0) is 81.7 Å². The molecule has 0 unspecified atom stereocenters. The minimum Gasteiger partial charge on any atom is -0.504 e. The van der Waals surface area contributed by atoms with Gasteiger partial charge in [-0.15, -0.1) is 0 Å². The number of phenolic OH excluding ortho intramolecular Hbond substituents is 1. The molecule has 1 aromatic heterocycles. The second-order valence-corrected chi connectivity index (χ2v) is 12.1. The SMILES string of the molecule is Cc1cc2cccc(C(=O)N[C@@H]3CC[C@@]4(O)[C@H]5Cc6ccc(O)c7c6[C@@]4(CCN5CC4CC4)[C@H]3O7)c2[nH]1. The average molecular weight is 500 g/mol. The van der Waals surface area contributed by atoms with Crippen LogP contribution in [0.25, 0.3) is 10.9 Å². The lowest BCUT2D eigenvalue weighted by atomic mass is 9.48. The second-order valence-electron chi connectivity index (χ2n) is 12.1. The van der Waals surface area contributed by atoms with Crippen LogP contribution in [0.5, 0.6) is 11.5 Å². The lowest BCUT2D eigenvalue weighted by Gasteiger charge is -2.64. The third-order valence-electron chi connectivity index (χ3n) is 10.1. The van der Waals surface area contributed by atoms with Gasteiger partial charge in [-0.25, -0.2) is 0 Å². The van der Waals surface area contributed by atoms with E-state index in [1.54, 1.807) is 6.07 Å². The molecule has 2 aromatic carbocycles. The number of aliphatic hydroxyl groups is 1. The number of carbonyl (C=O) groups excluding carboxylic acids is 1. The minimum atomic E-state index is -0.950. The van der Waals surface area contributed by atoms with Gasteiger partial charge in [0.15, 0.2) is 11.5 Å². The maximum Gasteiger partial charge on any atom is 0.253 e. The first-order chi connectivity index (χ1) is 17.9. The Labute approximate surface area is 215 Å². The van der Waals surface area contributed by atoms with E-state index in [0.29, 0.717) is 24.2 Å². The minimum absolute atomic E-state index is 0.0308. The molecule has 1 amide bonds. The van der Waals surface area contributed by atoms with E-state index in [2.05, 4.69) is 15.2 Å². The van der Waals surface area contributed by atoms with Crippen molar-refractivity contribution in [3.8, 4) is 11.5 Å². The molecule has 37 heavy (non-hydrogen) atoms. The van der Waals surface area contributed by atoms with Crippen LogP contribution < -0.4 is 10.1 Å². The number of hydrogen-bond donors (Lipinski definition) is 4. The van der Waals surface area contributed by atoms with Crippen LogP contribution in [0, 0.1) is 12.8 Å². The third kappa shape index (κ3) is 2.82. The van der Waals surface area contributed by atoms with Crippen molar-refractivity contribution in [2.24, 2.45) is 5.92 Å². The fourth-order valence-corrected chi connectivity index (χ4v) is 8.36. The Bertz CT molecular complexity index is 1460. The number of fused-ring (bicyclic) bond motifs is 1. The third-order valence-corrected chi connectivity index (χ3v) is 10.1. The Balaban J connectivity index is 1.20. The summed E-state index contributed by atoms with van der Waals surface area (Å²) in [6.07, 6.45) is 4.92. The van der Waals surface area contributed by atoms with Gasteiger partial charge < -0.3 is 25.3 Å². The van der Waals surface area contributed by atoms with Crippen LogP contribution in [-0.4, -0.2) is 62.9 Å². The van der Waals surface area contributed by atoms with Crippen LogP contribution in [-0.2, 0) is 11.8 Å².